The van der Waals surface area contributed by atoms with Crippen LogP contribution < -0.4 is 0 Å². The van der Waals surface area contributed by atoms with Gasteiger partial charge in [-0.25, -0.2) is 9.97 Å². The van der Waals surface area contributed by atoms with Crippen LogP contribution >= 0.6 is 0 Å². The summed E-state index contributed by atoms with van der Waals surface area (Å²) in [6.07, 6.45) is 0. The number of nitrogens with zero attached hydrogens (tertiary/aromatic N) is 3. The minimum Gasteiger partial charge on any atom is -0.309 e. The van der Waals surface area contributed by atoms with Gasteiger partial charge in [-0.1, -0.05) is 194 Å². The molecule has 0 spiro atoms. The molecule has 0 saturated heterocycles. The lowest BCUT2D eigenvalue weighted by molar-refractivity contribution is 1.16. The number of fused-ring (bicyclic) bond motifs is 7. The second-order valence-corrected chi connectivity index (χ2v) is 15.7. The molecule has 3 heteroatoms. The van der Waals surface area contributed by atoms with Crippen LogP contribution in [0.25, 0.3) is 116 Å². The second kappa shape index (κ2) is 14.3. The van der Waals surface area contributed by atoms with Gasteiger partial charge in [0.1, 0.15) is 0 Å². The fraction of sp³-hybridized carbons (Fsp3) is 0. The summed E-state index contributed by atoms with van der Waals surface area (Å²) in [6.45, 7) is 0. The van der Waals surface area contributed by atoms with Crippen molar-refractivity contribution < 1.29 is 0 Å². The van der Waals surface area contributed by atoms with Crippen LogP contribution in [0.15, 0.2) is 224 Å². The van der Waals surface area contributed by atoms with Crippen LogP contribution in [0.4, 0.5) is 0 Å². The highest BCUT2D eigenvalue weighted by Crippen LogP contribution is 2.42. The molecule has 0 aliphatic rings. The number of para-hydroxylation sites is 3. The van der Waals surface area contributed by atoms with Crippen molar-refractivity contribution in [1.29, 1.82) is 0 Å². The molecule has 0 N–H and O–H groups in total. The Balaban J connectivity index is 1.06. The van der Waals surface area contributed by atoms with Crippen molar-refractivity contribution in [3.63, 3.8) is 0 Å². The normalized spacial score (nSPS) is 11.6. The smallest absolute Gasteiger partial charge is 0.160 e. The highest BCUT2D eigenvalue weighted by Gasteiger charge is 2.20. The van der Waals surface area contributed by atoms with Crippen LogP contribution in [0, 0.1) is 0 Å². The number of hydrogen-bond acceptors (Lipinski definition) is 2. The van der Waals surface area contributed by atoms with Crippen molar-refractivity contribution in [2.24, 2.45) is 0 Å². The van der Waals surface area contributed by atoms with Gasteiger partial charge in [0.2, 0.25) is 0 Å². The van der Waals surface area contributed by atoms with Crippen molar-refractivity contribution in [1.82, 2.24) is 14.5 Å². The maximum atomic E-state index is 5.39. The van der Waals surface area contributed by atoms with Crippen LogP contribution in [0.1, 0.15) is 0 Å². The van der Waals surface area contributed by atoms with Gasteiger partial charge in [0.05, 0.1) is 22.4 Å². The third kappa shape index (κ3) is 5.90. The van der Waals surface area contributed by atoms with Crippen LogP contribution in [0.2, 0.25) is 0 Å². The van der Waals surface area contributed by atoms with E-state index in [1.807, 2.05) is 0 Å². The van der Waals surface area contributed by atoms with Crippen LogP contribution in [0.3, 0.4) is 0 Å². The fourth-order valence-electron chi connectivity index (χ4n) is 9.31. The molecule has 0 unspecified atom stereocenters. The third-order valence-corrected chi connectivity index (χ3v) is 12.2. The van der Waals surface area contributed by atoms with E-state index >= 15 is 0 Å². The molecule has 61 heavy (non-hydrogen) atoms. The average Bonchev–Trinajstić information content (AvgIpc) is 3.68. The zero-order valence-electron chi connectivity index (χ0n) is 33.2. The predicted octanol–water partition coefficient (Wildman–Crippen LogP) is 15.4. The Morgan fingerprint density at radius 2 is 0.902 bits per heavy atom. The Morgan fingerprint density at radius 3 is 1.70 bits per heavy atom. The average molecular weight is 776 g/mol. The number of hydrogen-bond donors (Lipinski definition) is 0. The van der Waals surface area contributed by atoms with E-state index in [-0.39, 0.29) is 0 Å². The third-order valence-electron chi connectivity index (χ3n) is 12.2. The molecule has 0 aliphatic carbocycles. The molecule has 0 amide bonds. The van der Waals surface area contributed by atoms with Gasteiger partial charge in [0, 0.05) is 33.2 Å². The zero-order valence-corrected chi connectivity index (χ0v) is 33.2. The molecule has 0 atom stereocenters. The second-order valence-electron chi connectivity index (χ2n) is 15.7. The van der Waals surface area contributed by atoms with E-state index in [9.17, 15) is 0 Å². The van der Waals surface area contributed by atoms with E-state index < -0.39 is 0 Å². The summed E-state index contributed by atoms with van der Waals surface area (Å²) in [5.74, 6) is 0.683. The predicted molar refractivity (Wildman–Crippen MR) is 256 cm³/mol. The van der Waals surface area contributed by atoms with Crippen molar-refractivity contribution in [3.8, 4) is 61.8 Å². The minimum atomic E-state index is 0.683. The van der Waals surface area contributed by atoms with Crippen molar-refractivity contribution in [2.45, 2.75) is 0 Å². The van der Waals surface area contributed by atoms with E-state index in [4.69, 9.17) is 9.97 Å². The van der Waals surface area contributed by atoms with Crippen LogP contribution in [0.5, 0.6) is 0 Å². The van der Waals surface area contributed by atoms with E-state index in [0.29, 0.717) is 5.82 Å². The quantitative estimate of drug-likeness (QED) is 0.124. The van der Waals surface area contributed by atoms with Gasteiger partial charge in [-0.2, -0.15) is 0 Å². The molecular formula is C58H37N3. The Morgan fingerprint density at radius 1 is 0.311 bits per heavy atom. The summed E-state index contributed by atoms with van der Waals surface area (Å²) in [6, 6.07) is 80.4. The lowest BCUT2D eigenvalue weighted by Crippen LogP contribution is -1.99. The number of rotatable bonds is 6. The van der Waals surface area contributed by atoms with Crippen LogP contribution in [-0.2, 0) is 0 Å². The van der Waals surface area contributed by atoms with Gasteiger partial charge in [-0.3, -0.25) is 0 Å². The maximum absolute atomic E-state index is 5.39. The molecule has 3 nitrogen and oxygen atoms in total. The summed E-state index contributed by atoms with van der Waals surface area (Å²) in [7, 11) is 0. The largest absolute Gasteiger partial charge is 0.309 e. The first-order valence-corrected chi connectivity index (χ1v) is 20.8. The summed E-state index contributed by atoms with van der Waals surface area (Å²) in [4.78, 5) is 10.7. The minimum absolute atomic E-state index is 0.683. The Kier molecular flexibility index (Phi) is 8.17. The van der Waals surface area contributed by atoms with Crippen molar-refractivity contribution in [3.05, 3.63) is 224 Å². The van der Waals surface area contributed by atoms with E-state index in [2.05, 4.69) is 229 Å². The molecule has 12 rings (SSSR count). The van der Waals surface area contributed by atoms with Gasteiger partial charge < -0.3 is 4.57 Å². The van der Waals surface area contributed by atoms with Gasteiger partial charge in [-0.15, -0.1) is 0 Å². The SMILES string of the molecule is c1ccc(-c2ccc(-c3nc(-c4ccc(-c5c6ccccc6cc6c5ccc5ccccc56)cc4)cc(-c4cccc5c6ccccc6n(-c6ccccc6)c45)n3)cc2)cc1. The number of aromatic nitrogens is 3. The topological polar surface area (TPSA) is 30.7 Å². The molecular weight excluding hydrogens is 739 g/mol. The van der Waals surface area contributed by atoms with Gasteiger partial charge >= 0.3 is 0 Å². The zero-order chi connectivity index (χ0) is 40.3. The lowest BCUT2D eigenvalue weighted by atomic mass is 9.89. The summed E-state index contributed by atoms with van der Waals surface area (Å²) >= 11 is 0. The van der Waals surface area contributed by atoms with Crippen molar-refractivity contribution >= 4 is 54.1 Å². The monoisotopic (exact) mass is 775 g/mol. The Bertz CT molecular complexity index is 3610. The Hall–Kier alpha value is -8.14. The molecule has 0 bridgehead atoms. The first-order chi connectivity index (χ1) is 30.2. The summed E-state index contributed by atoms with van der Waals surface area (Å²) in [5.41, 5.74) is 12.9. The standard InChI is InChI=1S/C58H37N3/c1-3-14-38(15-4-1)39-26-32-43(33-27-39)58-59-53(37-54(60-58)51-24-13-23-50-48-22-11-12-25-55(48)61(57(50)51)45-18-5-2-6-19-45)41-28-30-42(31-29-41)56-47-21-10-8-17-44(47)36-52-46-20-9-7-16-40(46)34-35-49(52)56/h1-37H. The fourth-order valence-corrected chi connectivity index (χ4v) is 9.31. The highest BCUT2D eigenvalue weighted by atomic mass is 15.0. The molecule has 12 aromatic rings. The molecule has 0 radical (unpaired) electrons. The Labute approximate surface area is 353 Å². The molecule has 2 heterocycles. The van der Waals surface area contributed by atoms with Gasteiger partial charge in [-0.05, 0) is 84.9 Å². The first-order valence-electron chi connectivity index (χ1n) is 20.8. The summed E-state index contributed by atoms with van der Waals surface area (Å²) < 4.78 is 2.38. The van der Waals surface area contributed by atoms with Gasteiger partial charge in [0.15, 0.2) is 5.82 Å². The molecule has 0 fully saturated rings. The number of benzene rings is 10. The molecule has 0 saturated carbocycles. The summed E-state index contributed by atoms with van der Waals surface area (Å²) in [5, 5.41) is 9.89. The van der Waals surface area contributed by atoms with E-state index in [1.165, 1.54) is 59.8 Å². The molecule has 2 aromatic heterocycles. The molecule has 10 aromatic carbocycles. The molecule has 284 valence electrons. The molecule has 0 aliphatic heterocycles. The highest BCUT2D eigenvalue weighted by molar-refractivity contribution is 6.20. The van der Waals surface area contributed by atoms with Crippen molar-refractivity contribution in [2.75, 3.05) is 0 Å². The van der Waals surface area contributed by atoms with E-state index in [1.54, 1.807) is 0 Å². The van der Waals surface area contributed by atoms with Gasteiger partial charge in [0.25, 0.3) is 0 Å². The van der Waals surface area contributed by atoms with Crippen LogP contribution in [-0.4, -0.2) is 14.5 Å². The lowest BCUT2D eigenvalue weighted by Gasteiger charge is -2.15. The van der Waals surface area contributed by atoms with E-state index in [0.717, 1.165) is 50.4 Å². The first kappa shape index (κ1) is 34.9. The maximum Gasteiger partial charge on any atom is 0.160 e.